The lowest BCUT2D eigenvalue weighted by molar-refractivity contribution is 0.111. The van der Waals surface area contributed by atoms with Crippen molar-refractivity contribution in [2.75, 3.05) is 34.4 Å². The molecule has 0 aliphatic carbocycles. The summed E-state index contributed by atoms with van der Waals surface area (Å²) >= 11 is 0. The van der Waals surface area contributed by atoms with E-state index in [2.05, 4.69) is 0 Å². The molecule has 0 amide bonds. The molecule has 4 heteroatoms. The molecule has 0 aliphatic heterocycles. The number of para-hydroxylation sites is 1. The van der Waals surface area contributed by atoms with Gasteiger partial charge in [-0.25, -0.2) is 0 Å². The molecule has 0 bridgehead atoms. The molecule has 4 nitrogen and oxygen atoms in total. The van der Waals surface area contributed by atoms with E-state index in [1.54, 1.807) is 7.11 Å². The summed E-state index contributed by atoms with van der Waals surface area (Å²) in [5, 5.41) is 0. The smallest absolute Gasteiger partial charge is 0.153 e. The lowest BCUT2D eigenvalue weighted by atomic mass is 10.0. The van der Waals surface area contributed by atoms with Crippen LogP contribution in [0.25, 0.3) is 11.1 Å². The maximum atomic E-state index is 11.3. The lowest BCUT2D eigenvalue weighted by Crippen LogP contribution is -2.19. The minimum atomic E-state index is 0.543. The van der Waals surface area contributed by atoms with Gasteiger partial charge in [-0.15, -0.1) is 0 Å². The Morgan fingerprint density at radius 2 is 1.86 bits per heavy atom. The number of hydrogen-bond donors (Lipinski definition) is 0. The van der Waals surface area contributed by atoms with Crippen molar-refractivity contribution in [1.29, 1.82) is 0 Å². The van der Waals surface area contributed by atoms with E-state index in [0.717, 1.165) is 29.7 Å². The second kappa shape index (κ2) is 7.61. The highest BCUT2D eigenvalue weighted by Gasteiger charge is 2.09. The van der Waals surface area contributed by atoms with Crippen LogP contribution < -0.4 is 9.47 Å². The Hall–Kier alpha value is -2.33. The molecule has 116 valence electrons. The molecule has 2 aromatic carbocycles. The lowest BCUT2D eigenvalue weighted by Gasteiger charge is -2.14. The summed E-state index contributed by atoms with van der Waals surface area (Å²) in [6.07, 6.45) is 0.823. The van der Waals surface area contributed by atoms with Gasteiger partial charge in [-0.3, -0.25) is 4.79 Å². The number of aldehydes is 1. The zero-order valence-corrected chi connectivity index (χ0v) is 13.2. The van der Waals surface area contributed by atoms with Crippen molar-refractivity contribution in [2.24, 2.45) is 0 Å². The first-order valence-corrected chi connectivity index (χ1v) is 7.16. The van der Waals surface area contributed by atoms with Crippen molar-refractivity contribution in [3.05, 3.63) is 48.0 Å². The second-order valence-electron chi connectivity index (χ2n) is 5.22. The molecular weight excluding hydrogens is 278 g/mol. The SMILES string of the molecule is COc1ccccc1-c1ccc(OCCN(C)C)c(C=O)c1. The highest BCUT2D eigenvalue weighted by atomic mass is 16.5. The average Bonchev–Trinajstić information content (AvgIpc) is 2.54. The summed E-state index contributed by atoms with van der Waals surface area (Å²) in [6, 6.07) is 13.3. The van der Waals surface area contributed by atoms with E-state index in [9.17, 15) is 4.79 Å². The first-order chi connectivity index (χ1) is 10.7. The summed E-state index contributed by atoms with van der Waals surface area (Å²) < 4.78 is 11.1. The van der Waals surface area contributed by atoms with Gasteiger partial charge < -0.3 is 14.4 Å². The minimum absolute atomic E-state index is 0.543. The molecule has 0 radical (unpaired) electrons. The highest BCUT2D eigenvalue weighted by molar-refractivity contribution is 5.84. The molecule has 0 atom stereocenters. The van der Waals surface area contributed by atoms with Crippen molar-refractivity contribution in [3.63, 3.8) is 0 Å². The van der Waals surface area contributed by atoms with Gasteiger partial charge in [0.05, 0.1) is 12.7 Å². The molecule has 0 aromatic heterocycles. The van der Waals surface area contributed by atoms with Crippen LogP contribution in [-0.4, -0.2) is 45.5 Å². The molecule has 0 unspecified atom stereocenters. The van der Waals surface area contributed by atoms with Crippen molar-refractivity contribution in [1.82, 2.24) is 4.90 Å². The van der Waals surface area contributed by atoms with E-state index < -0.39 is 0 Å². The highest BCUT2D eigenvalue weighted by Crippen LogP contribution is 2.32. The first kappa shape index (κ1) is 16.0. The minimum Gasteiger partial charge on any atom is -0.496 e. The predicted octanol–water partition coefficient (Wildman–Crippen LogP) is 3.12. The van der Waals surface area contributed by atoms with Gasteiger partial charge in [0.25, 0.3) is 0 Å². The third kappa shape index (κ3) is 3.86. The topological polar surface area (TPSA) is 38.8 Å². The van der Waals surface area contributed by atoms with E-state index in [1.807, 2.05) is 61.5 Å². The standard InChI is InChI=1S/C18H21NO3/c1-19(2)10-11-22-17-9-8-14(12-15(17)13-20)16-6-4-5-7-18(16)21-3/h4-9,12-13H,10-11H2,1-3H3. The molecule has 0 fully saturated rings. The average molecular weight is 299 g/mol. The monoisotopic (exact) mass is 299 g/mol. The van der Waals surface area contributed by atoms with Gasteiger partial charge in [-0.1, -0.05) is 24.3 Å². The summed E-state index contributed by atoms with van der Waals surface area (Å²) in [6.45, 7) is 1.34. The zero-order chi connectivity index (χ0) is 15.9. The molecule has 0 saturated heterocycles. The molecule has 2 rings (SSSR count). The number of carbonyl (C=O) groups excluding carboxylic acids is 1. The van der Waals surface area contributed by atoms with Gasteiger partial charge in [-0.2, -0.15) is 0 Å². The van der Waals surface area contributed by atoms with Crippen LogP contribution in [0.4, 0.5) is 0 Å². The van der Waals surface area contributed by atoms with Crippen LogP contribution in [0.15, 0.2) is 42.5 Å². The largest absolute Gasteiger partial charge is 0.496 e. The maximum Gasteiger partial charge on any atom is 0.153 e. The van der Waals surface area contributed by atoms with Crippen LogP contribution in [0.3, 0.4) is 0 Å². The van der Waals surface area contributed by atoms with Crippen molar-refractivity contribution in [2.45, 2.75) is 0 Å². The Morgan fingerprint density at radius 3 is 2.55 bits per heavy atom. The molecular formula is C18H21NO3. The van der Waals surface area contributed by atoms with Crippen LogP contribution in [0.1, 0.15) is 10.4 Å². The van der Waals surface area contributed by atoms with Gasteiger partial charge in [0.15, 0.2) is 6.29 Å². The van der Waals surface area contributed by atoms with Crippen LogP contribution >= 0.6 is 0 Å². The van der Waals surface area contributed by atoms with Gasteiger partial charge in [0.2, 0.25) is 0 Å². The Kier molecular flexibility index (Phi) is 5.55. The number of carbonyl (C=O) groups is 1. The predicted molar refractivity (Wildman–Crippen MR) is 87.9 cm³/mol. The number of rotatable bonds is 7. The molecule has 0 saturated carbocycles. The van der Waals surface area contributed by atoms with Gasteiger partial charge in [0.1, 0.15) is 18.1 Å². The Bertz CT molecular complexity index is 638. The normalized spacial score (nSPS) is 10.5. The van der Waals surface area contributed by atoms with Gasteiger partial charge in [-0.05, 0) is 37.9 Å². The van der Waals surface area contributed by atoms with E-state index >= 15 is 0 Å². The third-order valence-corrected chi connectivity index (χ3v) is 3.35. The quantitative estimate of drug-likeness (QED) is 0.736. The van der Waals surface area contributed by atoms with E-state index in [0.29, 0.717) is 17.9 Å². The van der Waals surface area contributed by atoms with E-state index in [1.165, 1.54) is 0 Å². The maximum absolute atomic E-state index is 11.3. The molecule has 0 spiro atoms. The number of benzene rings is 2. The zero-order valence-electron chi connectivity index (χ0n) is 13.2. The third-order valence-electron chi connectivity index (χ3n) is 3.35. The summed E-state index contributed by atoms with van der Waals surface area (Å²) in [7, 11) is 5.60. The fourth-order valence-electron chi connectivity index (χ4n) is 2.16. The number of hydrogen-bond acceptors (Lipinski definition) is 4. The number of ether oxygens (including phenoxy) is 2. The Morgan fingerprint density at radius 1 is 1.09 bits per heavy atom. The Labute approximate surface area is 131 Å². The van der Waals surface area contributed by atoms with E-state index in [-0.39, 0.29) is 0 Å². The number of nitrogens with zero attached hydrogens (tertiary/aromatic N) is 1. The van der Waals surface area contributed by atoms with Crippen LogP contribution in [0.2, 0.25) is 0 Å². The van der Waals surface area contributed by atoms with Crippen molar-refractivity contribution < 1.29 is 14.3 Å². The van der Waals surface area contributed by atoms with Crippen molar-refractivity contribution in [3.8, 4) is 22.6 Å². The van der Waals surface area contributed by atoms with E-state index in [4.69, 9.17) is 9.47 Å². The first-order valence-electron chi connectivity index (χ1n) is 7.16. The van der Waals surface area contributed by atoms with Gasteiger partial charge in [0, 0.05) is 12.1 Å². The van der Waals surface area contributed by atoms with Crippen LogP contribution in [0, 0.1) is 0 Å². The number of methoxy groups -OCH3 is 1. The summed E-state index contributed by atoms with van der Waals surface area (Å²) in [4.78, 5) is 13.4. The van der Waals surface area contributed by atoms with Crippen LogP contribution in [-0.2, 0) is 0 Å². The Balaban J connectivity index is 2.27. The van der Waals surface area contributed by atoms with Gasteiger partial charge >= 0.3 is 0 Å². The van der Waals surface area contributed by atoms with Crippen LogP contribution in [0.5, 0.6) is 11.5 Å². The molecule has 2 aromatic rings. The molecule has 0 heterocycles. The molecule has 22 heavy (non-hydrogen) atoms. The summed E-state index contributed by atoms with van der Waals surface area (Å²) in [5.41, 5.74) is 2.43. The summed E-state index contributed by atoms with van der Waals surface area (Å²) in [5.74, 6) is 1.39. The number of likely N-dealkylation sites (N-methyl/N-ethyl adjacent to an activating group) is 1. The fraction of sp³-hybridized carbons (Fsp3) is 0.278. The second-order valence-corrected chi connectivity index (χ2v) is 5.22. The van der Waals surface area contributed by atoms with Crippen molar-refractivity contribution >= 4 is 6.29 Å². The fourth-order valence-corrected chi connectivity index (χ4v) is 2.16. The molecule has 0 aliphatic rings. The molecule has 0 N–H and O–H groups in total.